The van der Waals surface area contributed by atoms with Crippen LogP contribution in [-0.2, 0) is 0 Å². The molecule has 0 unspecified atom stereocenters. The number of nitrogens with zero attached hydrogens (tertiary/aromatic N) is 6. The van der Waals surface area contributed by atoms with Crippen LogP contribution in [0.25, 0.3) is 11.6 Å². The molecule has 9 nitrogen and oxygen atoms in total. The molecule has 0 bridgehead atoms. The zero-order valence-electron chi connectivity index (χ0n) is 16.1. The second-order valence-corrected chi connectivity index (χ2v) is 7.05. The molecule has 3 N–H and O–H groups in total. The van der Waals surface area contributed by atoms with Crippen LogP contribution in [-0.4, -0.2) is 38.4 Å². The van der Waals surface area contributed by atoms with Crippen molar-refractivity contribution in [3.63, 3.8) is 0 Å². The summed E-state index contributed by atoms with van der Waals surface area (Å²) >= 11 is 0. The summed E-state index contributed by atoms with van der Waals surface area (Å²) in [6.07, 6.45) is 2.24. The number of aromatic hydroxyl groups is 1. The van der Waals surface area contributed by atoms with Crippen LogP contribution in [0.1, 0.15) is 38.6 Å². The van der Waals surface area contributed by atoms with Crippen molar-refractivity contribution in [3.8, 4) is 17.6 Å². The SMILES string of the molecule is COc1ccc(/C=C(\C#N)c2nc(N)nc(N3N=C(C)CC3(C)C)n2)c(O)c1. The van der Waals surface area contributed by atoms with E-state index >= 15 is 0 Å². The molecule has 2 heterocycles. The topological polar surface area (TPSA) is 134 Å². The fourth-order valence-corrected chi connectivity index (χ4v) is 3.03. The molecule has 28 heavy (non-hydrogen) atoms. The molecule has 1 aromatic carbocycles. The van der Waals surface area contributed by atoms with E-state index in [-0.39, 0.29) is 34.6 Å². The van der Waals surface area contributed by atoms with Gasteiger partial charge in [-0.1, -0.05) is 0 Å². The van der Waals surface area contributed by atoms with E-state index in [4.69, 9.17) is 10.5 Å². The molecule has 1 aliphatic rings. The Kier molecular flexibility index (Phi) is 4.88. The lowest BCUT2D eigenvalue weighted by molar-refractivity contribution is 0.407. The molecule has 2 aromatic rings. The number of phenols is 1. The summed E-state index contributed by atoms with van der Waals surface area (Å²) in [5.74, 6) is 0.829. The lowest BCUT2D eigenvalue weighted by atomic mass is 9.99. The molecule has 0 spiro atoms. The van der Waals surface area contributed by atoms with Gasteiger partial charge in [-0.05, 0) is 39.0 Å². The molecule has 144 valence electrons. The molecule has 0 fully saturated rings. The molecule has 1 aliphatic heterocycles. The van der Waals surface area contributed by atoms with Crippen molar-refractivity contribution in [2.45, 2.75) is 32.7 Å². The first-order valence-corrected chi connectivity index (χ1v) is 8.58. The first-order valence-electron chi connectivity index (χ1n) is 8.58. The lowest BCUT2D eigenvalue weighted by Crippen LogP contribution is -2.37. The first-order chi connectivity index (χ1) is 13.2. The number of hydrogen-bond acceptors (Lipinski definition) is 9. The summed E-state index contributed by atoms with van der Waals surface area (Å²) < 4.78 is 5.07. The van der Waals surface area contributed by atoms with Gasteiger partial charge >= 0.3 is 0 Å². The number of phenolic OH excluding ortho intramolecular Hbond substituents is 1. The highest BCUT2D eigenvalue weighted by Gasteiger charge is 2.35. The lowest BCUT2D eigenvalue weighted by Gasteiger charge is -2.28. The quantitative estimate of drug-likeness (QED) is 0.774. The number of allylic oxidation sites excluding steroid dienone is 1. The Morgan fingerprint density at radius 2 is 2.11 bits per heavy atom. The Hall–Kier alpha value is -3.67. The van der Waals surface area contributed by atoms with Gasteiger partial charge in [0.25, 0.3) is 5.95 Å². The third kappa shape index (κ3) is 3.71. The number of anilines is 2. The Morgan fingerprint density at radius 1 is 1.36 bits per heavy atom. The van der Waals surface area contributed by atoms with E-state index in [1.165, 1.54) is 19.3 Å². The van der Waals surface area contributed by atoms with Crippen LogP contribution in [0, 0.1) is 11.3 Å². The van der Waals surface area contributed by atoms with Gasteiger partial charge in [0.05, 0.1) is 18.2 Å². The molecule has 0 saturated heterocycles. The number of nitrogen functional groups attached to an aromatic ring is 1. The Labute approximate surface area is 162 Å². The Bertz CT molecular complexity index is 1020. The maximum absolute atomic E-state index is 10.2. The summed E-state index contributed by atoms with van der Waals surface area (Å²) in [6, 6.07) is 6.82. The van der Waals surface area contributed by atoms with E-state index in [2.05, 4.69) is 26.1 Å². The molecule has 0 radical (unpaired) electrons. The number of benzene rings is 1. The van der Waals surface area contributed by atoms with Crippen LogP contribution in [0.2, 0.25) is 0 Å². The van der Waals surface area contributed by atoms with E-state index in [1.54, 1.807) is 17.1 Å². The van der Waals surface area contributed by atoms with E-state index in [0.717, 1.165) is 12.1 Å². The highest BCUT2D eigenvalue weighted by molar-refractivity contribution is 5.89. The third-order valence-corrected chi connectivity index (χ3v) is 4.26. The van der Waals surface area contributed by atoms with Crippen LogP contribution in [0.5, 0.6) is 11.5 Å². The van der Waals surface area contributed by atoms with Gasteiger partial charge in [-0.3, -0.25) is 0 Å². The largest absolute Gasteiger partial charge is 0.507 e. The molecular formula is C19H21N7O2. The van der Waals surface area contributed by atoms with Gasteiger partial charge < -0.3 is 15.6 Å². The van der Waals surface area contributed by atoms with E-state index in [9.17, 15) is 10.4 Å². The monoisotopic (exact) mass is 379 g/mol. The normalized spacial score (nSPS) is 15.9. The van der Waals surface area contributed by atoms with Gasteiger partial charge in [0.1, 0.15) is 17.6 Å². The van der Waals surface area contributed by atoms with E-state index in [0.29, 0.717) is 11.3 Å². The number of aromatic nitrogens is 3. The molecule has 0 saturated carbocycles. The fraction of sp³-hybridized carbons (Fsp3) is 0.316. The maximum atomic E-state index is 10.2. The second-order valence-electron chi connectivity index (χ2n) is 7.05. The van der Waals surface area contributed by atoms with Gasteiger partial charge in [-0.2, -0.15) is 25.3 Å². The number of ether oxygens (including phenoxy) is 1. The fourth-order valence-electron chi connectivity index (χ4n) is 3.03. The van der Waals surface area contributed by atoms with Crippen molar-refractivity contribution >= 4 is 29.3 Å². The Balaban J connectivity index is 2.05. The number of methoxy groups -OCH3 is 1. The summed E-state index contributed by atoms with van der Waals surface area (Å²) in [7, 11) is 1.50. The molecule has 1 aromatic heterocycles. The first kappa shape index (κ1) is 19.1. The summed E-state index contributed by atoms with van der Waals surface area (Å²) in [5, 5.41) is 25.9. The summed E-state index contributed by atoms with van der Waals surface area (Å²) in [4.78, 5) is 12.7. The molecule has 0 aliphatic carbocycles. The highest BCUT2D eigenvalue weighted by Crippen LogP contribution is 2.32. The zero-order valence-corrected chi connectivity index (χ0v) is 16.1. The van der Waals surface area contributed by atoms with Crippen molar-refractivity contribution in [1.29, 1.82) is 5.26 Å². The van der Waals surface area contributed by atoms with Crippen LogP contribution in [0.15, 0.2) is 23.3 Å². The zero-order chi connectivity index (χ0) is 20.5. The second kappa shape index (κ2) is 7.15. The molecule has 0 atom stereocenters. The number of rotatable bonds is 4. The van der Waals surface area contributed by atoms with Crippen LogP contribution >= 0.6 is 0 Å². The van der Waals surface area contributed by atoms with E-state index in [1.807, 2.05) is 20.8 Å². The number of hydrazone groups is 1. The summed E-state index contributed by atoms with van der Waals surface area (Å²) in [6.45, 7) is 5.96. The smallest absolute Gasteiger partial charge is 0.252 e. The van der Waals surface area contributed by atoms with Crippen LogP contribution in [0.3, 0.4) is 0 Å². The maximum Gasteiger partial charge on any atom is 0.252 e. The summed E-state index contributed by atoms with van der Waals surface area (Å²) in [5.41, 5.74) is 7.05. The molecule has 0 amide bonds. The van der Waals surface area contributed by atoms with Gasteiger partial charge in [-0.25, -0.2) is 5.01 Å². The number of nitriles is 1. The predicted octanol–water partition coefficient (Wildman–Crippen LogP) is 2.60. The van der Waals surface area contributed by atoms with Crippen LogP contribution in [0.4, 0.5) is 11.9 Å². The molecular weight excluding hydrogens is 358 g/mol. The molecule has 9 heteroatoms. The predicted molar refractivity (Wildman–Crippen MR) is 107 cm³/mol. The van der Waals surface area contributed by atoms with E-state index < -0.39 is 0 Å². The van der Waals surface area contributed by atoms with Crippen molar-refractivity contribution < 1.29 is 9.84 Å². The minimum Gasteiger partial charge on any atom is -0.507 e. The van der Waals surface area contributed by atoms with Crippen molar-refractivity contribution in [2.75, 3.05) is 17.9 Å². The van der Waals surface area contributed by atoms with Gasteiger partial charge in [0.15, 0.2) is 5.82 Å². The number of hydrogen-bond donors (Lipinski definition) is 2. The Morgan fingerprint density at radius 3 is 2.68 bits per heavy atom. The van der Waals surface area contributed by atoms with Crippen molar-refractivity contribution in [1.82, 2.24) is 15.0 Å². The van der Waals surface area contributed by atoms with Crippen molar-refractivity contribution in [3.05, 3.63) is 29.6 Å². The van der Waals surface area contributed by atoms with Crippen LogP contribution < -0.4 is 15.5 Å². The standard InChI is InChI=1S/C19H21N7O2/c1-11-9-19(2,3)26(25-11)18-23-16(22-17(21)24-18)13(10-20)7-12-5-6-14(28-4)8-15(12)27/h5-8,27H,9H2,1-4H3,(H2,21,22,23,24)/b13-7+. The minimum absolute atomic E-state index is 0.0179. The molecule has 3 rings (SSSR count). The van der Waals surface area contributed by atoms with Crippen molar-refractivity contribution in [2.24, 2.45) is 5.10 Å². The minimum atomic E-state index is -0.320. The van der Waals surface area contributed by atoms with Gasteiger partial charge in [-0.15, -0.1) is 0 Å². The average molecular weight is 379 g/mol. The third-order valence-electron chi connectivity index (χ3n) is 4.26. The van der Waals surface area contributed by atoms with Gasteiger partial charge in [0, 0.05) is 23.8 Å². The van der Waals surface area contributed by atoms with Gasteiger partial charge in [0.2, 0.25) is 5.95 Å². The average Bonchev–Trinajstić information content (AvgIpc) is 2.92. The highest BCUT2D eigenvalue weighted by atomic mass is 16.5. The number of nitrogens with two attached hydrogens (primary N) is 1.